The van der Waals surface area contributed by atoms with Crippen molar-refractivity contribution >= 4 is 11.6 Å². The Labute approximate surface area is 126 Å². The van der Waals surface area contributed by atoms with Crippen LogP contribution in [0.2, 0.25) is 0 Å². The number of hydrogen-bond donors (Lipinski definition) is 1. The Morgan fingerprint density at radius 3 is 3.00 bits per heavy atom. The minimum Gasteiger partial charge on any atom is -0.383 e. The largest absolute Gasteiger partial charge is 0.383 e. The average molecular weight is 291 g/mol. The standard InChI is InChI=1S/C16H25N3O2/c1-3-14-6-4-5-10-19(14)16(20)15-8-7-13(12-18-15)17-9-11-21-2/h7-8,12,14,17H,3-6,9-11H2,1-2H3. The van der Waals surface area contributed by atoms with Gasteiger partial charge in [-0.05, 0) is 37.8 Å². The highest BCUT2D eigenvalue weighted by atomic mass is 16.5. The summed E-state index contributed by atoms with van der Waals surface area (Å²) in [6.07, 6.45) is 6.16. The van der Waals surface area contributed by atoms with Crippen molar-refractivity contribution in [1.82, 2.24) is 9.88 Å². The molecule has 1 N–H and O–H groups in total. The van der Waals surface area contributed by atoms with Gasteiger partial charge in [0, 0.05) is 26.2 Å². The molecule has 1 aliphatic rings. The molecule has 1 fully saturated rings. The lowest BCUT2D eigenvalue weighted by Crippen LogP contribution is -2.43. The van der Waals surface area contributed by atoms with Gasteiger partial charge in [-0.2, -0.15) is 0 Å². The highest BCUT2D eigenvalue weighted by molar-refractivity contribution is 5.92. The van der Waals surface area contributed by atoms with Crippen LogP contribution in [-0.2, 0) is 4.74 Å². The van der Waals surface area contributed by atoms with Crippen molar-refractivity contribution in [2.45, 2.75) is 38.6 Å². The normalized spacial score (nSPS) is 18.6. The van der Waals surface area contributed by atoms with Crippen molar-refractivity contribution in [2.75, 3.05) is 32.1 Å². The molecule has 2 rings (SSSR count). The van der Waals surface area contributed by atoms with Crippen LogP contribution in [0.15, 0.2) is 18.3 Å². The van der Waals surface area contributed by atoms with Gasteiger partial charge in [-0.15, -0.1) is 0 Å². The number of methoxy groups -OCH3 is 1. The molecule has 1 saturated heterocycles. The molecule has 1 atom stereocenters. The summed E-state index contributed by atoms with van der Waals surface area (Å²) in [6.45, 7) is 4.38. The van der Waals surface area contributed by atoms with Crippen LogP contribution in [0, 0.1) is 0 Å². The van der Waals surface area contributed by atoms with Crippen LogP contribution in [-0.4, -0.2) is 48.6 Å². The number of nitrogens with one attached hydrogen (secondary N) is 1. The molecule has 5 heteroatoms. The van der Waals surface area contributed by atoms with Crippen LogP contribution in [0.4, 0.5) is 5.69 Å². The van der Waals surface area contributed by atoms with E-state index < -0.39 is 0 Å². The summed E-state index contributed by atoms with van der Waals surface area (Å²) in [6, 6.07) is 4.08. The van der Waals surface area contributed by atoms with E-state index >= 15 is 0 Å². The second-order valence-corrected chi connectivity index (χ2v) is 5.41. The first kappa shape index (κ1) is 15.8. The average Bonchev–Trinajstić information content (AvgIpc) is 2.55. The third-order valence-electron chi connectivity index (χ3n) is 3.98. The van der Waals surface area contributed by atoms with Gasteiger partial charge in [0.25, 0.3) is 5.91 Å². The third kappa shape index (κ3) is 4.17. The van der Waals surface area contributed by atoms with Gasteiger partial charge in [-0.25, -0.2) is 4.98 Å². The Balaban J connectivity index is 1.98. The summed E-state index contributed by atoms with van der Waals surface area (Å²) in [7, 11) is 1.67. The predicted octanol–water partition coefficient (Wildman–Crippen LogP) is 2.54. The summed E-state index contributed by atoms with van der Waals surface area (Å²) in [5, 5.41) is 3.20. The topological polar surface area (TPSA) is 54.5 Å². The molecule has 0 aromatic carbocycles. The lowest BCUT2D eigenvalue weighted by Gasteiger charge is -2.35. The van der Waals surface area contributed by atoms with E-state index in [9.17, 15) is 4.79 Å². The zero-order chi connectivity index (χ0) is 15.1. The number of pyridine rings is 1. The van der Waals surface area contributed by atoms with E-state index in [-0.39, 0.29) is 5.91 Å². The molecule has 116 valence electrons. The lowest BCUT2D eigenvalue weighted by molar-refractivity contribution is 0.0602. The van der Waals surface area contributed by atoms with Gasteiger partial charge in [0.05, 0.1) is 18.5 Å². The van der Waals surface area contributed by atoms with E-state index in [1.165, 1.54) is 6.42 Å². The van der Waals surface area contributed by atoms with E-state index in [1.807, 2.05) is 11.0 Å². The van der Waals surface area contributed by atoms with Crippen molar-refractivity contribution in [3.05, 3.63) is 24.0 Å². The Morgan fingerprint density at radius 1 is 1.48 bits per heavy atom. The monoisotopic (exact) mass is 291 g/mol. The molecule has 1 amide bonds. The number of carbonyl (C=O) groups is 1. The fourth-order valence-corrected chi connectivity index (χ4v) is 2.76. The molecule has 1 aliphatic heterocycles. The second kappa shape index (κ2) is 7.98. The van der Waals surface area contributed by atoms with Crippen LogP contribution in [0.5, 0.6) is 0 Å². The van der Waals surface area contributed by atoms with E-state index in [4.69, 9.17) is 4.74 Å². The molecule has 5 nitrogen and oxygen atoms in total. The Bertz CT molecular complexity index is 447. The molecule has 0 radical (unpaired) electrons. The van der Waals surface area contributed by atoms with Crippen LogP contribution < -0.4 is 5.32 Å². The number of likely N-dealkylation sites (tertiary alicyclic amines) is 1. The number of anilines is 1. The number of nitrogens with zero attached hydrogens (tertiary/aromatic N) is 2. The Morgan fingerprint density at radius 2 is 2.33 bits per heavy atom. The third-order valence-corrected chi connectivity index (χ3v) is 3.98. The number of hydrogen-bond acceptors (Lipinski definition) is 4. The molecule has 2 heterocycles. The summed E-state index contributed by atoms with van der Waals surface area (Å²) < 4.78 is 4.99. The van der Waals surface area contributed by atoms with Crippen LogP contribution in [0.3, 0.4) is 0 Å². The predicted molar refractivity (Wildman–Crippen MR) is 83.6 cm³/mol. The first-order valence-corrected chi connectivity index (χ1v) is 7.76. The first-order chi connectivity index (χ1) is 10.3. The molecular formula is C16H25N3O2. The number of carbonyl (C=O) groups excluding carboxylic acids is 1. The second-order valence-electron chi connectivity index (χ2n) is 5.41. The Hall–Kier alpha value is -1.62. The summed E-state index contributed by atoms with van der Waals surface area (Å²) >= 11 is 0. The van der Waals surface area contributed by atoms with Crippen molar-refractivity contribution in [1.29, 1.82) is 0 Å². The Kier molecular flexibility index (Phi) is 5.99. The summed E-state index contributed by atoms with van der Waals surface area (Å²) in [4.78, 5) is 18.9. The molecule has 1 aromatic rings. The van der Waals surface area contributed by atoms with Crippen molar-refractivity contribution in [3.63, 3.8) is 0 Å². The fraction of sp³-hybridized carbons (Fsp3) is 0.625. The van der Waals surface area contributed by atoms with Gasteiger partial charge in [-0.1, -0.05) is 6.92 Å². The molecule has 0 saturated carbocycles. The maximum Gasteiger partial charge on any atom is 0.272 e. The highest BCUT2D eigenvalue weighted by Crippen LogP contribution is 2.21. The molecule has 21 heavy (non-hydrogen) atoms. The zero-order valence-electron chi connectivity index (χ0n) is 13.0. The summed E-state index contributed by atoms with van der Waals surface area (Å²) in [5.41, 5.74) is 1.45. The number of amides is 1. The molecule has 0 bridgehead atoms. The number of piperidine rings is 1. The lowest BCUT2D eigenvalue weighted by atomic mass is 9.99. The SMILES string of the molecule is CCC1CCCCN1C(=O)c1ccc(NCCOC)cn1. The van der Waals surface area contributed by atoms with Crippen LogP contribution >= 0.6 is 0 Å². The molecular weight excluding hydrogens is 266 g/mol. The van der Waals surface area contributed by atoms with Gasteiger partial charge in [0.1, 0.15) is 5.69 Å². The molecule has 1 aromatic heterocycles. The van der Waals surface area contributed by atoms with Crippen molar-refractivity contribution in [2.24, 2.45) is 0 Å². The maximum absolute atomic E-state index is 12.6. The first-order valence-electron chi connectivity index (χ1n) is 7.76. The fourth-order valence-electron chi connectivity index (χ4n) is 2.76. The zero-order valence-corrected chi connectivity index (χ0v) is 13.0. The van der Waals surface area contributed by atoms with Gasteiger partial charge >= 0.3 is 0 Å². The molecule has 1 unspecified atom stereocenters. The van der Waals surface area contributed by atoms with Crippen molar-refractivity contribution in [3.8, 4) is 0 Å². The number of aromatic nitrogens is 1. The van der Waals surface area contributed by atoms with E-state index in [1.54, 1.807) is 19.4 Å². The van der Waals surface area contributed by atoms with E-state index in [0.717, 1.165) is 38.0 Å². The van der Waals surface area contributed by atoms with Crippen LogP contribution in [0.1, 0.15) is 43.1 Å². The molecule has 0 spiro atoms. The van der Waals surface area contributed by atoms with Gasteiger partial charge < -0.3 is 15.0 Å². The highest BCUT2D eigenvalue weighted by Gasteiger charge is 2.26. The van der Waals surface area contributed by atoms with Gasteiger partial charge in [-0.3, -0.25) is 4.79 Å². The number of rotatable bonds is 6. The quantitative estimate of drug-likeness (QED) is 0.818. The molecule has 0 aliphatic carbocycles. The smallest absolute Gasteiger partial charge is 0.272 e. The minimum atomic E-state index is 0.0602. The maximum atomic E-state index is 12.6. The minimum absolute atomic E-state index is 0.0602. The summed E-state index contributed by atoms with van der Waals surface area (Å²) in [5.74, 6) is 0.0602. The number of ether oxygens (including phenoxy) is 1. The van der Waals surface area contributed by atoms with Gasteiger partial charge in [0.15, 0.2) is 0 Å². The van der Waals surface area contributed by atoms with Crippen LogP contribution in [0.25, 0.3) is 0 Å². The van der Waals surface area contributed by atoms with E-state index in [2.05, 4.69) is 17.2 Å². The van der Waals surface area contributed by atoms with Gasteiger partial charge in [0.2, 0.25) is 0 Å². The van der Waals surface area contributed by atoms with E-state index in [0.29, 0.717) is 18.3 Å². The van der Waals surface area contributed by atoms with Crippen molar-refractivity contribution < 1.29 is 9.53 Å².